The third-order valence-corrected chi connectivity index (χ3v) is 4.28. The number of benzene rings is 2. The van der Waals surface area contributed by atoms with Crippen LogP contribution in [0.1, 0.15) is 18.5 Å². The molecule has 0 radical (unpaired) electrons. The smallest absolute Gasteiger partial charge is 0.321 e. The van der Waals surface area contributed by atoms with Gasteiger partial charge in [-0.2, -0.15) is 0 Å². The maximum Gasteiger partial charge on any atom is 0.321 e. The number of carbonyl (C=O) groups is 3. The molecule has 4 amide bonds. The van der Waals surface area contributed by atoms with Crippen molar-refractivity contribution >= 4 is 23.5 Å². The van der Waals surface area contributed by atoms with Gasteiger partial charge in [-0.3, -0.25) is 14.9 Å². The Bertz CT molecular complexity index is 824. The van der Waals surface area contributed by atoms with E-state index in [2.05, 4.69) is 16.0 Å². The number of likely N-dealkylation sites (N-methyl/N-ethyl adjacent to an activating group) is 1. The Kier molecular flexibility index (Phi) is 8.17. The molecule has 0 fully saturated rings. The lowest BCUT2D eigenvalue weighted by Crippen LogP contribution is -3.11. The number of carbonyl (C=O) groups excluding carboxylic acids is 3. The minimum Gasteiger partial charge on any atom is -0.497 e. The normalized spacial score (nSPS) is 12.4. The van der Waals surface area contributed by atoms with Crippen LogP contribution in [0.15, 0.2) is 54.6 Å². The number of rotatable bonds is 8. The largest absolute Gasteiger partial charge is 0.497 e. The van der Waals surface area contributed by atoms with Crippen molar-refractivity contribution in [2.45, 2.75) is 13.0 Å². The van der Waals surface area contributed by atoms with E-state index in [-0.39, 0.29) is 12.5 Å². The van der Waals surface area contributed by atoms with E-state index in [1.54, 1.807) is 57.5 Å². The van der Waals surface area contributed by atoms with Crippen molar-refractivity contribution in [2.24, 2.45) is 0 Å². The SMILES string of the molecule is CCNC(=O)NC(=O)[C@@H](c1ccccc1)[NH+](C)CC(=O)Nc1ccc(OC)cc1. The van der Waals surface area contributed by atoms with Gasteiger partial charge in [0.2, 0.25) is 0 Å². The van der Waals surface area contributed by atoms with E-state index in [9.17, 15) is 14.4 Å². The summed E-state index contributed by atoms with van der Waals surface area (Å²) in [7, 11) is 3.31. The molecule has 2 atom stereocenters. The van der Waals surface area contributed by atoms with Gasteiger partial charge in [-0.15, -0.1) is 0 Å². The van der Waals surface area contributed by atoms with Crippen molar-refractivity contribution in [3.63, 3.8) is 0 Å². The zero-order chi connectivity index (χ0) is 21.2. The fourth-order valence-corrected chi connectivity index (χ4v) is 2.93. The van der Waals surface area contributed by atoms with Crippen molar-refractivity contribution < 1.29 is 24.0 Å². The average Bonchev–Trinajstić information content (AvgIpc) is 2.69. The first-order chi connectivity index (χ1) is 13.9. The predicted octanol–water partition coefficient (Wildman–Crippen LogP) is 0.735. The zero-order valence-corrected chi connectivity index (χ0v) is 16.8. The highest BCUT2D eigenvalue weighted by Gasteiger charge is 2.31. The van der Waals surface area contributed by atoms with Gasteiger partial charge in [0.1, 0.15) is 5.75 Å². The molecule has 29 heavy (non-hydrogen) atoms. The number of hydrogen-bond acceptors (Lipinski definition) is 4. The second kappa shape index (κ2) is 10.8. The molecule has 0 heterocycles. The quantitative estimate of drug-likeness (QED) is 0.526. The van der Waals surface area contributed by atoms with E-state index in [1.807, 2.05) is 18.2 Å². The van der Waals surface area contributed by atoms with Crippen LogP contribution < -0.4 is 25.6 Å². The van der Waals surface area contributed by atoms with Gasteiger partial charge >= 0.3 is 6.03 Å². The summed E-state index contributed by atoms with van der Waals surface area (Å²) in [5.74, 6) is -0.0341. The molecule has 0 aliphatic carbocycles. The Labute approximate surface area is 170 Å². The number of imide groups is 1. The fourth-order valence-electron chi connectivity index (χ4n) is 2.93. The highest BCUT2D eigenvalue weighted by molar-refractivity contribution is 5.97. The Morgan fingerprint density at radius 1 is 1.03 bits per heavy atom. The maximum atomic E-state index is 12.7. The monoisotopic (exact) mass is 399 g/mol. The Hall–Kier alpha value is -3.39. The first-order valence-corrected chi connectivity index (χ1v) is 9.34. The molecule has 2 aromatic rings. The van der Waals surface area contributed by atoms with Crippen LogP contribution in [-0.4, -0.2) is 45.1 Å². The molecule has 2 aromatic carbocycles. The molecule has 0 saturated heterocycles. The van der Waals surface area contributed by atoms with E-state index >= 15 is 0 Å². The molecular weight excluding hydrogens is 372 g/mol. The highest BCUT2D eigenvalue weighted by atomic mass is 16.5. The molecule has 8 heteroatoms. The molecule has 0 saturated carbocycles. The lowest BCUT2D eigenvalue weighted by Gasteiger charge is -2.24. The van der Waals surface area contributed by atoms with Crippen LogP contribution in [0.2, 0.25) is 0 Å². The number of urea groups is 1. The first-order valence-electron chi connectivity index (χ1n) is 9.34. The third-order valence-electron chi connectivity index (χ3n) is 4.28. The molecule has 2 rings (SSSR count). The van der Waals surface area contributed by atoms with Crippen LogP contribution in [0.25, 0.3) is 0 Å². The number of quaternary nitrogens is 1. The first kappa shape index (κ1) is 21.9. The zero-order valence-electron chi connectivity index (χ0n) is 16.8. The second-order valence-electron chi connectivity index (χ2n) is 6.49. The van der Waals surface area contributed by atoms with E-state index < -0.39 is 18.0 Å². The predicted molar refractivity (Wildman–Crippen MR) is 110 cm³/mol. The van der Waals surface area contributed by atoms with Crippen LogP contribution in [0.3, 0.4) is 0 Å². The number of nitrogens with one attached hydrogen (secondary N) is 4. The van der Waals surface area contributed by atoms with Crippen LogP contribution in [0.4, 0.5) is 10.5 Å². The molecule has 154 valence electrons. The van der Waals surface area contributed by atoms with E-state index in [0.717, 1.165) is 0 Å². The Balaban J connectivity index is 2.09. The Morgan fingerprint density at radius 2 is 1.69 bits per heavy atom. The van der Waals surface area contributed by atoms with Crippen LogP contribution in [-0.2, 0) is 9.59 Å². The molecule has 4 N–H and O–H groups in total. The molecule has 0 spiro atoms. The van der Waals surface area contributed by atoms with Crippen molar-refractivity contribution in [1.29, 1.82) is 0 Å². The molecule has 0 bridgehead atoms. The molecule has 8 nitrogen and oxygen atoms in total. The van der Waals surface area contributed by atoms with Crippen molar-refractivity contribution in [3.8, 4) is 5.75 Å². The van der Waals surface area contributed by atoms with E-state index in [1.165, 1.54) is 0 Å². The van der Waals surface area contributed by atoms with Gasteiger partial charge in [0.05, 0.1) is 14.2 Å². The summed E-state index contributed by atoms with van der Waals surface area (Å²) in [6, 6.07) is 14.8. The number of ether oxygens (including phenoxy) is 1. The second-order valence-corrected chi connectivity index (χ2v) is 6.49. The van der Waals surface area contributed by atoms with Gasteiger partial charge in [0.25, 0.3) is 11.8 Å². The van der Waals surface area contributed by atoms with Gasteiger partial charge in [0.15, 0.2) is 12.6 Å². The number of amides is 4. The van der Waals surface area contributed by atoms with Crippen LogP contribution in [0, 0.1) is 0 Å². The molecule has 0 aliphatic heterocycles. The number of methoxy groups -OCH3 is 1. The number of anilines is 1. The van der Waals surface area contributed by atoms with Crippen molar-refractivity contribution in [1.82, 2.24) is 10.6 Å². The minimum absolute atomic E-state index is 0.0361. The van der Waals surface area contributed by atoms with Gasteiger partial charge in [0, 0.05) is 17.8 Å². The summed E-state index contributed by atoms with van der Waals surface area (Å²) in [6.45, 7) is 2.20. The molecular formula is C21H27N4O4+. The summed E-state index contributed by atoms with van der Waals surface area (Å²) in [5.41, 5.74) is 1.34. The number of hydrogen-bond donors (Lipinski definition) is 4. The van der Waals surface area contributed by atoms with Crippen LogP contribution in [0.5, 0.6) is 5.75 Å². The van der Waals surface area contributed by atoms with Gasteiger partial charge in [-0.25, -0.2) is 4.79 Å². The molecule has 1 unspecified atom stereocenters. The third kappa shape index (κ3) is 6.62. The van der Waals surface area contributed by atoms with Gasteiger partial charge < -0.3 is 20.3 Å². The summed E-state index contributed by atoms with van der Waals surface area (Å²) in [6.07, 6.45) is 0. The fraction of sp³-hybridized carbons (Fsp3) is 0.286. The molecule has 0 aromatic heterocycles. The standard InChI is InChI=1S/C21H26N4O4/c1-4-22-21(28)24-20(27)19(15-8-6-5-7-9-15)25(2)14-18(26)23-16-10-12-17(29-3)13-11-16/h5-13,19H,4,14H2,1-3H3,(H,23,26)(H2,22,24,27,28)/p+1/t19-/m1/s1. The summed E-state index contributed by atoms with van der Waals surface area (Å²) < 4.78 is 5.10. The van der Waals surface area contributed by atoms with Crippen molar-refractivity contribution in [3.05, 3.63) is 60.2 Å². The maximum absolute atomic E-state index is 12.7. The summed E-state index contributed by atoms with van der Waals surface area (Å²) in [4.78, 5) is 37.6. The summed E-state index contributed by atoms with van der Waals surface area (Å²) >= 11 is 0. The van der Waals surface area contributed by atoms with Gasteiger partial charge in [-0.05, 0) is 31.2 Å². The average molecular weight is 399 g/mol. The summed E-state index contributed by atoms with van der Waals surface area (Å²) in [5, 5.41) is 7.68. The van der Waals surface area contributed by atoms with Crippen LogP contribution >= 0.6 is 0 Å². The van der Waals surface area contributed by atoms with E-state index in [4.69, 9.17) is 4.74 Å². The van der Waals surface area contributed by atoms with Gasteiger partial charge in [-0.1, -0.05) is 30.3 Å². The molecule has 0 aliphatic rings. The highest BCUT2D eigenvalue weighted by Crippen LogP contribution is 2.14. The topological polar surface area (TPSA) is 101 Å². The van der Waals surface area contributed by atoms with Crippen molar-refractivity contribution in [2.75, 3.05) is 32.6 Å². The van der Waals surface area contributed by atoms with E-state index in [0.29, 0.717) is 28.4 Å². The Morgan fingerprint density at radius 3 is 2.28 bits per heavy atom. The lowest BCUT2D eigenvalue weighted by atomic mass is 10.0. The minimum atomic E-state index is -0.722. The lowest BCUT2D eigenvalue weighted by molar-refractivity contribution is -0.894.